The van der Waals surface area contributed by atoms with Crippen molar-refractivity contribution in [3.05, 3.63) is 0 Å². The molecule has 0 aromatic heterocycles. The maximum Gasteiger partial charge on any atom is 0.311 e. The lowest BCUT2D eigenvalue weighted by Gasteiger charge is -2.24. The van der Waals surface area contributed by atoms with Crippen molar-refractivity contribution in [2.45, 2.75) is 26.2 Å². The average Bonchev–Trinajstić information content (AvgIpc) is 2.63. The predicted molar refractivity (Wildman–Crippen MR) is 64.7 cm³/mol. The summed E-state index contributed by atoms with van der Waals surface area (Å²) in [5.41, 5.74) is -0.712. The van der Waals surface area contributed by atoms with Gasteiger partial charge in [0, 0.05) is 13.1 Å². The summed E-state index contributed by atoms with van der Waals surface area (Å²) in [4.78, 5) is 26.7. The molecule has 1 amide bonds. The van der Waals surface area contributed by atoms with Crippen molar-refractivity contribution in [1.29, 1.82) is 0 Å². The SMILES string of the molecule is CCCC1(C(=O)O)CCN(C(=O)CN(C)C)C1. The standard InChI is InChI=1S/C12H22N2O3/c1-4-5-12(11(16)17)6-7-14(9-12)10(15)8-13(2)3/h4-9H2,1-3H3,(H,16,17). The number of likely N-dealkylation sites (tertiary alicyclic amines) is 1. The van der Waals surface area contributed by atoms with Crippen LogP contribution in [0.3, 0.4) is 0 Å². The summed E-state index contributed by atoms with van der Waals surface area (Å²) in [6.07, 6.45) is 2.06. The Hall–Kier alpha value is -1.10. The number of carbonyl (C=O) groups excluding carboxylic acids is 1. The minimum absolute atomic E-state index is 0.0224. The molecule has 1 N–H and O–H groups in total. The maximum atomic E-state index is 11.9. The highest BCUT2D eigenvalue weighted by atomic mass is 16.4. The minimum atomic E-state index is -0.764. The van der Waals surface area contributed by atoms with E-state index in [9.17, 15) is 14.7 Å². The van der Waals surface area contributed by atoms with Gasteiger partial charge in [-0.25, -0.2) is 0 Å². The molecule has 1 rings (SSSR count). The number of hydrogen-bond acceptors (Lipinski definition) is 3. The smallest absolute Gasteiger partial charge is 0.311 e. The first kappa shape index (κ1) is 14.0. The van der Waals surface area contributed by atoms with Crippen LogP contribution in [0.2, 0.25) is 0 Å². The Morgan fingerprint density at radius 3 is 2.53 bits per heavy atom. The molecule has 1 fully saturated rings. The normalized spacial score (nSPS) is 24.4. The Kier molecular flexibility index (Phi) is 4.51. The van der Waals surface area contributed by atoms with Crippen LogP contribution in [0.4, 0.5) is 0 Å². The molecule has 1 heterocycles. The first-order valence-electron chi connectivity index (χ1n) is 6.07. The minimum Gasteiger partial charge on any atom is -0.481 e. The van der Waals surface area contributed by atoms with Crippen molar-refractivity contribution in [3.8, 4) is 0 Å². The quantitative estimate of drug-likeness (QED) is 0.769. The molecule has 0 saturated carbocycles. The maximum absolute atomic E-state index is 11.9. The van der Waals surface area contributed by atoms with Gasteiger partial charge in [0.25, 0.3) is 0 Å². The molecular weight excluding hydrogens is 220 g/mol. The number of carboxylic acid groups (broad SMARTS) is 1. The van der Waals surface area contributed by atoms with Gasteiger partial charge in [-0.1, -0.05) is 13.3 Å². The van der Waals surface area contributed by atoms with Gasteiger partial charge in [0.05, 0.1) is 12.0 Å². The van der Waals surface area contributed by atoms with Crippen LogP contribution >= 0.6 is 0 Å². The van der Waals surface area contributed by atoms with Gasteiger partial charge in [0.2, 0.25) is 5.91 Å². The number of carbonyl (C=O) groups is 2. The Bertz CT molecular complexity index is 304. The number of carboxylic acids is 1. The van der Waals surface area contributed by atoms with Crippen molar-refractivity contribution in [2.75, 3.05) is 33.7 Å². The van der Waals surface area contributed by atoms with Crippen LogP contribution in [0.15, 0.2) is 0 Å². The lowest BCUT2D eigenvalue weighted by molar-refractivity contribution is -0.149. The summed E-state index contributed by atoms with van der Waals surface area (Å²) in [5.74, 6) is -0.742. The number of likely N-dealkylation sites (N-methyl/N-ethyl adjacent to an activating group) is 1. The summed E-state index contributed by atoms with van der Waals surface area (Å²) < 4.78 is 0. The number of amides is 1. The lowest BCUT2D eigenvalue weighted by Crippen LogP contribution is -2.40. The zero-order chi connectivity index (χ0) is 13.1. The zero-order valence-corrected chi connectivity index (χ0v) is 10.9. The van der Waals surface area contributed by atoms with E-state index in [0.29, 0.717) is 32.5 Å². The van der Waals surface area contributed by atoms with Gasteiger partial charge in [-0.3, -0.25) is 9.59 Å². The topological polar surface area (TPSA) is 60.9 Å². The summed E-state index contributed by atoms with van der Waals surface area (Å²) in [6.45, 7) is 3.26. The zero-order valence-electron chi connectivity index (χ0n) is 10.9. The van der Waals surface area contributed by atoms with Crippen molar-refractivity contribution < 1.29 is 14.7 Å². The van der Waals surface area contributed by atoms with Gasteiger partial charge < -0.3 is 14.9 Å². The summed E-state index contributed by atoms with van der Waals surface area (Å²) in [5, 5.41) is 9.33. The van der Waals surface area contributed by atoms with E-state index < -0.39 is 11.4 Å². The molecule has 5 heteroatoms. The molecule has 5 nitrogen and oxygen atoms in total. The van der Waals surface area contributed by atoms with Gasteiger partial charge in [0.15, 0.2) is 0 Å². The fourth-order valence-electron chi connectivity index (χ4n) is 2.42. The summed E-state index contributed by atoms with van der Waals surface area (Å²) in [6, 6.07) is 0. The van der Waals surface area contributed by atoms with E-state index in [2.05, 4.69) is 0 Å². The Morgan fingerprint density at radius 1 is 1.41 bits per heavy atom. The highest BCUT2D eigenvalue weighted by Gasteiger charge is 2.45. The van der Waals surface area contributed by atoms with Crippen LogP contribution < -0.4 is 0 Å². The third-order valence-corrected chi connectivity index (χ3v) is 3.34. The van der Waals surface area contributed by atoms with Gasteiger partial charge >= 0.3 is 5.97 Å². The predicted octanol–water partition coefficient (Wildman–Crippen LogP) is 0.651. The molecule has 0 bridgehead atoms. The Morgan fingerprint density at radius 2 is 2.06 bits per heavy atom. The van der Waals surface area contributed by atoms with E-state index in [1.807, 2.05) is 25.9 Å². The molecule has 1 unspecified atom stereocenters. The lowest BCUT2D eigenvalue weighted by atomic mass is 9.83. The second-order valence-corrected chi connectivity index (χ2v) is 5.14. The molecule has 0 aliphatic carbocycles. The van der Waals surface area contributed by atoms with E-state index in [0.717, 1.165) is 6.42 Å². The number of aliphatic carboxylic acids is 1. The van der Waals surface area contributed by atoms with E-state index in [-0.39, 0.29) is 5.91 Å². The first-order chi connectivity index (χ1) is 7.91. The largest absolute Gasteiger partial charge is 0.481 e. The van der Waals surface area contributed by atoms with Crippen LogP contribution in [0.1, 0.15) is 26.2 Å². The van der Waals surface area contributed by atoms with Gasteiger partial charge in [-0.2, -0.15) is 0 Å². The Labute approximate surface area is 102 Å². The molecule has 1 saturated heterocycles. The monoisotopic (exact) mass is 242 g/mol. The van der Waals surface area contributed by atoms with Crippen LogP contribution in [-0.4, -0.2) is 60.5 Å². The fraction of sp³-hybridized carbons (Fsp3) is 0.833. The van der Waals surface area contributed by atoms with Crippen LogP contribution in [0.5, 0.6) is 0 Å². The van der Waals surface area contributed by atoms with Gasteiger partial charge in [-0.05, 0) is 26.9 Å². The van der Waals surface area contributed by atoms with Crippen LogP contribution in [0.25, 0.3) is 0 Å². The third-order valence-electron chi connectivity index (χ3n) is 3.34. The molecule has 98 valence electrons. The first-order valence-corrected chi connectivity index (χ1v) is 6.07. The molecule has 17 heavy (non-hydrogen) atoms. The number of rotatable bonds is 5. The highest BCUT2D eigenvalue weighted by Crippen LogP contribution is 2.35. The molecule has 1 aliphatic heterocycles. The number of hydrogen-bond donors (Lipinski definition) is 1. The molecule has 1 aliphatic rings. The van der Waals surface area contributed by atoms with E-state index >= 15 is 0 Å². The second-order valence-electron chi connectivity index (χ2n) is 5.14. The molecule has 0 aromatic rings. The summed E-state index contributed by atoms with van der Waals surface area (Å²) in [7, 11) is 3.68. The molecule has 0 radical (unpaired) electrons. The fourth-order valence-corrected chi connectivity index (χ4v) is 2.42. The van der Waals surface area contributed by atoms with Crippen molar-refractivity contribution in [1.82, 2.24) is 9.80 Å². The van der Waals surface area contributed by atoms with E-state index in [1.165, 1.54) is 0 Å². The molecular formula is C12H22N2O3. The van der Waals surface area contributed by atoms with Gasteiger partial charge in [-0.15, -0.1) is 0 Å². The van der Waals surface area contributed by atoms with E-state index in [1.54, 1.807) is 4.90 Å². The van der Waals surface area contributed by atoms with E-state index in [4.69, 9.17) is 0 Å². The van der Waals surface area contributed by atoms with Crippen molar-refractivity contribution in [2.24, 2.45) is 5.41 Å². The van der Waals surface area contributed by atoms with Crippen LogP contribution in [-0.2, 0) is 9.59 Å². The molecule has 0 aromatic carbocycles. The third kappa shape index (κ3) is 3.19. The van der Waals surface area contributed by atoms with Crippen molar-refractivity contribution in [3.63, 3.8) is 0 Å². The summed E-state index contributed by atoms with van der Waals surface area (Å²) >= 11 is 0. The van der Waals surface area contributed by atoms with Gasteiger partial charge in [0.1, 0.15) is 0 Å². The number of nitrogens with zero attached hydrogens (tertiary/aromatic N) is 2. The molecule has 0 spiro atoms. The van der Waals surface area contributed by atoms with Crippen molar-refractivity contribution >= 4 is 11.9 Å². The second kappa shape index (κ2) is 5.49. The Balaban J connectivity index is 2.66. The average molecular weight is 242 g/mol. The highest BCUT2D eigenvalue weighted by molar-refractivity contribution is 5.81. The van der Waals surface area contributed by atoms with Crippen LogP contribution in [0, 0.1) is 5.41 Å². The molecule has 1 atom stereocenters.